The van der Waals surface area contributed by atoms with Crippen molar-refractivity contribution in [1.82, 2.24) is 0 Å². The van der Waals surface area contributed by atoms with E-state index in [-0.39, 0.29) is 5.69 Å². The quantitative estimate of drug-likeness (QED) is 0.395. The number of halogens is 2. The Kier molecular flexibility index (Phi) is 4.52. The second-order valence-corrected chi connectivity index (χ2v) is 6.19. The summed E-state index contributed by atoms with van der Waals surface area (Å²) in [6.45, 7) is 0. The van der Waals surface area contributed by atoms with Crippen molar-refractivity contribution in [1.29, 1.82) is 0 Å². The van der Waals surface area contributed by atoms with Crippen LogP contribution in [0.3, 0.4) is 0 Å². The van der Waals surface area contributed by atoms with E-state index in [1.165, 1.54) is 17.4 Å². The number of rotatable bonds is 4. The number of nitrogens with zero attached hydrogens (tertiary/aromatic N) is 1. The Morgan fingerprint density at radius 1 is 1.00 bits per heavy atom. The summed E-state index contributed by atoms with van der Waals surface area (Å²) in [4.78, 5) is 10.8. The van der Waals surface area contributed by atoms with Crippen LogP contribution in [-0.2, 0) is 0 Å². The van der Waals surface area contributed by atoms with Crippen molar-refractivity contribution >= 4 is 40.2 Å². The van der Waals surface area contributed by atoms with Crippen LogP contribution in [0, 0.1) is 10.1 Å². The van der Waals surface area contributed by atoms with Gasteiger partial charge in [-0.3, -0.25) is 10.1 Å². The highest BCUT2D eigenvalue weighted by Crippen LogP contribution is 2.42. The summed E-state index contributed by atoms with van der Waals surface area (Å²) in [6, 6.07) is 11.4. The van der Waals surface area contributed by atoms with Crippen molar-refractivity contribution in [2.24, 2.45) is 0 Å². The normalized spacial score (nSPS) is 10.5. The fourth-order valence-electron chi connectivity index (χ4n) is 2.10. The zero-order valence-corrected chi connectivity index (χ0v) is 13.9. The van der Waals surface area contributed by atoms with Crippen molar-refractivity contribution in [3.05, 3.63) is 73.4 Å². The summed E-state index contributed by atoms with van der Waals surface area (Å²) in [5.74, 6) is 0.947. The van der Waals surface area contributed by atoms with Crippen LogP contribution in [0.2, 0.25) is 10.0 Å². The number of nitro benzene ring substituents is 1. The molecule has 1 heterocycles. The summed E-state index contributed by atoms with van der Waals surface area (Å²) >= 11 is 13.4. The number of hydrogen-bond donors (Lipinski definition) is 0. The lowest BCUT2D eigenvalue weighted by molar-refractivity contribution is -0.384. The third kappa shape index (κ3) is 3.32. The highest BCUT2D eigenvalue weighted by molar-refractivity contribution is 7.08. The Morgan fingerprint density at radius 3 is 2.52 bits per heavy atom. The number of para-hydroxylation sites is 1. The lowest BCUT2D eigenvalue weighted by atomic mass is 10.1. The molecule has 0 aliphatic carbocycles. The molecule has 0 amide bonds. The van der Waals surface area contributed by atoms with Gasteiger partial charge in [0.05, 0.1) is 15.5 Å². The molecule has 7 heteroatoms. The Morgan fingerprint density at radius 2 is 1.78 bits per heavy atom. The van der Waals surface area contributed by atoms with E-state index in [1.54, 1.807) is 41.8 Å². The van der Waals surface area contributed by atoms with Crippen LogP contribution in [0.1, 0.15) is 0 Å². The summed E-state index contributed by atoms with van der Waals surface area (Å²) < 4.78 is 5.82. The van der Waals surface area contributed by atoms with E-state index < -0.39 is 4.92 Å². The first kappa shape index (κ1) is 15.8. The van der Waals surface area contributed by atoms with Crippen LogP contribution in [-0.4, -0.2) is 4.92 Å². The molecular formula is C16H9Cl2NO3S. The lowest BCUT2D eigenvalue weighted by Gasteiger charge is -2.09. The summed E-state index contributed by atoms with van der Waals surface area (Å²) in [5.41, 5.74) is 1.17. The minimum absolute atomic E-state index is 0.0259. The first-order chi connectivity index (χ1) is 11.1. The van der Waals surface area contributed by atoms with Crippen LogP contribution in [0.5, 0.6) is 11.5 Å². The number of ether oxygens (including phenoxy) is 1. The Hall–Kier alpha value is -2.08. The maximum Gasteiger partial charge on any atom is 0.277 e. The topological polar surface area (TPSA) is 52.4 Å². The zero-order valence-electron chi connectivity index (χ0n) is 11.5. The monoisotopic (exact) mass is 365 g/mol. The van der Waals surface area contributed by atoms with Crippen LogP contribution < -0.4 is 4.74 Å². The van der Waals surface area contributed by atoms with Crippen LogP contribution in [0.15, 0.2) is 53.2 Å². The molecule has 0 saturated carbocycles. The van der Waals surface area contributed by atoms with E-state index >= 15 is 0 Å². The molecule has 0 spiro atoms. The average Bonchev–Trinajstić information content (AvgIpc) is 2.98. The van der Waals surface area contributed by atoms with Crippen molar-refractivity contribution in [2.45, 2.75) is 0 Å². The first-order valence-electron chi connectivity index (χ1n) is 6.49. The minimum atomic E-state index is -0.411. The van der Waals surface area contributed by atoms with E-state index in [2.05, 4.69) is 0 Å². The molecule has 23 heavy (non-hydrogen) atoms. The highest BCUT2D eigenvalue weighted by atomic mass is 35.5. The molecule has 0 saturated heterocycles. The molecule has 0 aliphatic heterocycles. The van der Waals surface area contributed by atoms with Gasteiger partial charge in [-0.25, -0.2) is 0 Å². The van der Waals surface area contributed by atoms with E-state index in [4.69, 9.17) is 27.9 Å². The van der Waals surface area contributed by atoms with Gasteiger partial charge in [-0.15, -0.1) is 11.3 Å². The summed E-state index contributed by atoms with van der Waals surface area (Å²) in [5, 5.41) is 15.7. The third-order valence-corrected chi connectivity index (χ3v) is 4.38. The molecule has 0 N–H and O–H groups in total. The Bertz CT molecular complexity index is 879. The van der Waals surface area contributed by atoms with Gasteiger partial charge in [0, 0.05) is 27.4 Å². The Balaban J connectivity index is 2.02. The van der Waals surface area contributed by atoms with E-state index in [9.17, 15) is 10.1 Å². The number of nitro groups is 1. The molecule has 116 valence electrons. The van der Waals surface area contributed by atoms with Gasteiger partial charge in [0.1, 0.15) is 11.5 Å². The molecule has 3 rings (SSSR count). The van der Waals surface area contributed by atoms with Crippen molar-refractivity contribution in [2.75, 3.05) is 0 Å². The largest absolute Gasteiger partial charge is 0.454 e. The molecule has 0 aliphatic rings. The average molecular weight is 366 g/mol. The smallest absolute Gasteiger partial charge is 0.277 e. The van der Waals surface area contributed by atoms with E-state index in [1.807, 2.05) is 5.38 Å². The molecule has 3 aromatic rings. The molecule has 1 aromatic heterocycles. The fraction of sp³-hybridized carbons (Fsp3) is 0. The molecule has 0 fully saturated rings. The second-order valence-electron chi connectivity index (χ2n) is 4.60. The molecule has 0 radical (unpaired) electrons. The summed E-state index contributed by atoms with van der Waals surface area (Å²) in [7, 11) is 0. The number of benzene rings is 2. The van der Waals surface area contributed by atoms with Gasteiger partial charge >= 0.3 is 0 Å². The van der Waals surface area contributed by atoms with Gasteiger partial charge in [-0.1, -0.05) is 35.3 Å². The standard InChI is InChI=1S/C16H9Cl2NO3S/c17-10-5-6-15(13(18)7-10)22-16-9-23-8-12(16)11-3-1-2-4-14(11)19(20)21/h1-9H. The molecule has 0 atom stereocenters. The van der Waals surface area contributed by atoms with Gasteiger partial charge in [-0.2, -0.15) is 0 Å². The first-order valence-corrected chi connectivity index (χ1v) is 8.19. The van der Waals surface area contributed by atoms with Gasteiger partial charge in [0.2, 0.25) is 0 Å². The second kappa shape index (κ2) is 6.58. The molecule has 0 unspecified atom stereocenters. The number of thiophene rings is 1. The predicted octanol–water partition coefficient (Wildman–Crippen LogP) is 6.42. The van der Waals surface area contributed by atoms with Crippen LogP contribution in [0.4, 0.5) is 5.69 Å². The lowest BCUT2D eigenvalue weighted by Crippen LogP contribution is -1.92. The third-order valence-electron chi connectivity index (χ3n) is 3.13. The van der Waals surface area contributed by atoms with Crippen LogP contribution in [0.25, 0.3) is 11.1 Å². The fourth-order valence-corrected chi connectivity index (χ4v) is 3.29. The molecule has 0 bridgehead atoms. The van der Waals surface area contributed by atoms with Crippen molar-refractivity contribution in [3.8, 4) is 22.6 Å². The predicted molar refractivity (Wildman–Crippen MR) is 92.9 cm³/mol. The maximum absolute atomic E-state index is 11.2. The highest BCUT2D eigenvalue weighted by Gasteiger charge is 2.19. The van der Waals surface area contributed by atoms with Crippen molar-refractivity contribution in [3.63, 3.8) is 0 Å². The van der Waals surface area contributed by atoms with Gasteiger partial charge in [0.15, 0.2) is 0 Å². The zero-order chi connectivity index (χ0) is 16.4. The van der Waals surface area contributed by atoms with E-state index in [0.717, 1.165) is 0 Å². The molecule has 4 nitrogen and oxygen atoms in total. The molecular weight excluding hydrogens is 357 g/mol. The number of hydrogen-bond acceptors (Lipinski definition) is 4. The minimum Gasteiger partial charge on any atom is -0.454 e. The SMILES string of the molecule is O=[N+]([O-])c1ccccc1-c1cscc1Oc1ccc(Cl)cc1Cl. The Labute approximate surface area is 146 Å². The van der Waals surface area contributed by atoms with Gasteiger partial charge < -0.3 is 4.74 Å². The van der Waals surface area contributed by atoms with Crippen LogP contribution >= 0.6 is 34.5 Å². The van der Waals surface area contributed by atoms with Gasteiger partial charge in [-0.05, 0) is 24.3 Å². The van der Waals surface area contributed by atoms with E-state index in [0.29, 0.717) is 32.7 Å². The maximum atomic E-state index is 11.2. The van der Waals surface area contributed by atoms with Gasteiger partial charge in [0.25, 0.3) is 5.69 Å². The van der Waals surface area contributed by atoms with Crippen molar-refractivity contribution < 1.29 is 9.66 Å². The molecule has 2 aromatic carbocycles. The summed E-state index contributed by atoms with van der Waals surface area (Å²) in [6.07, 6.45) is 0.